The van der Waals surface area contributed by atoms with Gasteiger partial charge in [0.05, 0.1) is 0 Å². The second kappa shape index (κ2) is 6.88. The molecule has 3 N–H and O–H groups in total. The van der Waals surface area contributed by atoms with Crippen molar-refractivity contribution in [2.45, 2.75) is 30.5 Å². The van der Waals surface area contributed by atoms with E-state index in [0.717, 1.165) is 13.1 Å². The minimum atomic E-state index is 0.645. The molecule has 1 rings (SSSR count). The maximum atomic E-state index is 5.41. The van der Waals surface area contributed by atoms with Gasteiger partial charge in [0, 0.05) is 29.8 Å². The first-order chi connectivity index (χ1) is 7.22. The monoisotopic (exact) mass is 224 g/mol. The van der Waals surface area contributed by atoms with E-state index in [4.69, 9.17) is 5.73 Å². The molecule has 0 aromatic heterocycles. The topological polar surface area (TPSA) is 38.0 Å². The van der Waals surface area contributed by atoms with Crippen molar-refractivity contribution in [2.75, 3.05) is 13.1 Å². The lowest BCUT2D eigenvalue weighted by atomic mass is 10.2. The molecule has 0 amide bonds. The molecular formula is C12H20N2S. The molecule has 3 heteroatoms. The van der Waals surface area contributed by atoms with Crippen LogP contribution in [-0.4, -0.2) is 18.3 Å². The first-order valence-corrected chi connectivity index (χ1v) is 6.26. The van der Waals surface area contributed by atoms with Gasteiger partial charge in [-0.3, -0.25) is 0 Å². The molecule has 0 saturated carbocycles. The van der Waals surface area contributed by atoms with Crippen LogP contribution < -0.4 is 11.1 Å². The summed E-state index contributed by atoms with van der Waals surface area (Å²) in [6.45, 7) is 6.90. The number of nitrogens with two attached hydrogens (primary N) is 1. The molecule has 1 aromatic rings. The smallest absolute Gasteiger partial charge is 0.0206 e. The zero-order valence-corrected chi connectivity index (χ0v) is 10.3. The fraction of sp³-hybridized carbons (Fsp3) is 0.500. The van der Waals surface area contributed by atoms with Crippen molar-refractivity contribution in [3.63, 3.8) is 0 Å². The van der Waals surface area contributed by atoms with Crippen LogP contribution in [0.4, 0.5) is 0 Å². The van der Waals surface area contributed by atoms with Crippen molar-refractivity contribution < 1.29 is 0 Å². The van der Waals surface area contributed by atoms with Gasteiger partial charge < -0.3 is 11.1 Å². The molecule has 0 bridgehead atoms. The number of rotatable bonds is 6. The summed E-state index contributed by atoms with van der Waals surface area (Å²) in [5.74, 6) is 0. The van der Waals surface area contributed by atoms with E-state index in [1.54, 1.807) is 0 Å². The average molecular weight is 224 g/mol. The standard InChI is InChI=1S/C12H20N2S/c1-10(2)15-12-5-3-11(4-6-12)9-14-8-7-13/h3-6,10,14H,7-9,13H2,1-2H3. The summed E-state index contributed by atoms with van der Waals surface area (Å²) in [5, 5.41) is 3.92. The SMILES string of the molecule is CC(C)Sc1ccc(CNCCN)cc1. The molecule has 84 valence electrons. The van der Waals surface area contributed by atoms with Gasteiger partial charge in [-0.15, -0.1) is 11.8 Å². The number of benzene rings is 1. The van der Waals surface area contributed by atoms with Crippen LogP contribution in [0, 0.1) is 0 Å². The van der Waals surface area contributed by atoms with Gasteiger partial charge >= 0.3 is 0 Å². The lowest BCUT2D eigenvalue weighted by Crippen LogP contribution is -2.21. The van der Waals surface area contributed by atoms with Crippen LogP contribution in [0.25, 0.3) is 0 Å². The van der Waals surface area contributed by atoms with Crippen LogP contribution in [0.2, 0.25) is 0 Å². The fourth-order valence-electron chi connectivity index (χ4n) is 1.29. The summed E-state index contributed by atoms with van der Waals surface area (Å²) in [6, 6.07) is 8.72. The van der Waals surface area contributed by atoms with Gasteiger partial charge in [0.1, 0.15) is 0 Å². The highest BCUT2D eigenvalue weighted by molar-refractivity contribution is 7.99. The van der Waals surface area contributed by atoms with E-state index in [-0.39, 0.29) is 0 Å². The molecule has 0 spiro atoms. The number of hydrogen-bond acceptors (Lipinski definition) is 3. The maximum Gasteiger partial charge on any atom is 0.0206 e. The third kappa shape index (κ3) is 5.21. The predicted molar refractivity (Wildman–Crippen MR) is 68.2 cm³/mol. The minimum Gasteiger partial charge on any atom is -0.329 e. The Labute approximate surface area is 96.6 Å². The summed E-state index contributed by atoms with van der Waals surface area (Å²) in [6.07, 6.45) is 0. The van der Waals surface area contributed by atoms with Crippen molar-refractivity contribution >= 4 is 11.8 Å². The van der Waals surface area contributed by atoms with Crippen molar-refractivity contribution in [1.29, 1.82) is 0 Å². The van der Waals surface area contributed by atoms with Crippen molar-refractivity contribution in [3.8, 4) is 0 Å². The quantitative estimate of drug-likeness (QED) is 0.575. The van der Waals surface area contributed by atoms with E-state index in [0.29, 0.717) is 11.8 Å². The summed E-state index contributed by atoms with van der Waals surface area (Å²) in [5.41, 5.74) is 6.72. The van der Waals surface area contributed by atoms with Gasteiger partial charge in [0.25, 0.3) is 0 Å². The zero-order valence-electron chi connectivity index (χ0n) is 9.49. The van der Waals surface area contributed by atoms with Crippen LogP contribution in [0.5, 0.6) is 0 Å². The summed E-state index contributed by atoms with van der Waals surface area (Å²) < 4.78 is 0. The van der Waals surface area contributed by atoms with Gasteiger partial charge in [0.2, 0.25) is 0 Å². The van der Waals surface area contributed by atoms with Gasteiger partial charge in [-0.25, -0.2) is 0 Å². The van der Waals surface area contributed by atoms with E-state index >= 15 is 0 Å². The van der Waals surface area contributed by atoms with E-state index < -0.39 is 0 Å². The normalized spacial score (nSPS) is 10.9. The third-order valence-electron chi connectivity index (χ3n) is 1.95. The molecule has 2 nitrogen and oxygen atoms in total. The second-order valence-corrected chi connectivity index (χ2v) is 5.43. The third-order valence-corrected chi connectivity index (χ3v) is 2.96. The Balaban J connectivity index is 2.42. The molecule has 0 heterocycles. The Bertz CT molecular complexity index is 269. The highest BCUT2D eigenvalue weighted by atomic mass is 32.2. The molecule has 15 heavy (non-hydrogen) atoms. The van der Waals surface area contributed by atoms with E-state index in [2.05, 4.69) is 43.4 Å². The van der Waals surface area contributed by atoms with E-state index in [1.165, 1.54) is 10.5 Å². The van der Waals surface area contributed by atoms with Crippen molar-refractivity contribution in [3.05, 3.63) is 29.8 Å². The molecule has 0 radical (unpaired) electrons. The molecule has 0 aliphatic rings. The Morgan fingerprint density at radius 3 is 2.47 bits per heavy atom. The number of thioether (sulfide) groups is 1. The maximum absolute atomic E-state index is 5.41. The first-order valence-electron chi connectivity index (χ1n) is 5.38. The Kier molecular flexibility index (Phi) is 5.76. The average Bonchev–Trinajstić information content (AvgIpc) is 2.20. The fourth-order valence-corrected chi connectivity index (χ4v) is 2.13. The lowest BCUT2D eigenvalue weighted by molar-refractivity contribution is 0.694. The highest BCUT2D eigenvalue weighted by Gasteiger charge is 1.98. The molecule has 0 atom stereocenters. The van der Waals surface area contributed by atoms with Crippen LogP contribution in [0.15, 0.2) is 29.2 Å². The van der Waals surface area contributed by atoms with Gasteiger partial charge in [0.15, 0.2) is 0 Å². The predicted octanol–water partition coefficient (Wildman–Crippen LogP) is 2.24. The van der Waals surface area contributed by atoms with Gasteiger partial charge in [-0.2, -0.15) is 0 Å². The van der Waals surface area contributed by atoms with Gasteiger partial charge in [-0.05, 0) is 17.7 Å². The number of hydrogen-bond donors (Lipinski definition) is 2. The van der Waals surface area contributed by atoms with E-state index in [1.807, 2.05) is 11.8 Å². The first kappa shape index (κ1) is 12.6. The van der Waals surface area contributed by atoms with Crippen LogP contribution in [0.1, 0.15) is 19.4 Å². The van der Waals surface area contributed by atoms with Crippen molar-refractivity contribution in [1.82, 2.24) is 5.32 Å². The molecule has 0 saturated heterocycles. The zero-order chi connectivity index (χ0) is 11.1. The number of nitrogens with one attached hydrogen (secondary N) is 1. The minimum absolute atomic E-state index is 0.645. The highest BCUT2D eigenvalue weighted by Crippen LogP contribution is 2.22. The van der Waals surface area contributed by atoms with Crippen LogP contribution >= 0.6 is 11.8 Å². The van der Waals surface area contributed by atoms with E-state index in [9.17, 15) is 0 Å². The van der Waals surface area contributed by atoms with Crippen LogP contribution in [-0.2, 0) is 6.54 Å². The molecule has 0 unspecified atom stereocenters. The second-order valence-electron chi connectivity index (χ2n) is 3.78. The summed E-state index contributed by atoms with van der Waals surface area (Å²) in [7, 11) is 0. The Hall–Kier alpha value is -0.510. The molecule has 0 aliphatic heterocycles. The largest absolute Gasteiger partial charge is 0.329 e. The van der Waals surface area contributed by atoms with Gasteiger partial charge in [-0.1, -0.05) is 26.0 Å². The lowest BCUT2D eigenvalue weighted by Gasteiger charge is -2.06. The molecule has 1 aromatic carbocycles. The van der Waals surface area contributed by atoms with Crippen molar-refractivity contribution in [2.24, 2.45) is 5.73 Å². The van der Waals surface area contributed by atoms with Crippen LogP contribution in [0.3, 0.4) is 0 Å². The summed E-state index contributed by atoms with van der Waals surface area (Å²) >= 11 is 1.90. The Morgan fingerprint density at radius 2 is 1.93 bits per heavy atom. The molecule has 0 fully saturated rings. The molecule has 0 aliphatic carbocycles. The molecular weight excluding hydrogens is 204 g/mol. The Morgan fingerprint density at radius 1 is 1.27 bits per heavy atom. The summed E-state index contributed by atoms with van der Waals surface area (Å²) in [4.78, 5) is 1.34.